The molecule has 3 heteroatoms. The van der Waals surface area contributed by atoms with Crippen LogP contribution in [0.2, 0.25) is 0 Å². The molecule has 1 rings (SSSR count). The molecule has 0 saturated heterocycles. The first-order valence-corrected chi connectivity index (χ1v) is 4.41. The van der Waals surface area contributed by atoms with Crippen molar-refractivity contribution in [1.82, 2.24) is 0 Å². The molecule has 1 aromatic carbocycles. The summed E-state index contributed by atoms with van der Waals surface area (Å²) in [6, 6.07) is 7.69. The lowest BCUT2D eigenvalue weighted by Gasteiger charge is -2.10. The van der Waals surface area contributed by atoms with E-state index in [0.29, 0.717) is 5.92 Å². The van der Waals surface area contributed by atoms with Crippen LogP contribution in [0, 0.1) is 0 Å². The number of rotatable bonds is 3. The second-order valence-electron chi connectivity index (χ2n) is 3.42. The van der Waals surface area contributed by atoms with Crippen LogP contribution in [-0.4, -0.2) is 11.1 Å². The number of halogens is 1. The van der Waals surface area contributed by atoms with Gasteiger partial charge in [-0.1, -0.05) is 38.1 Å². The normalized spacial score (nSPS) is 9.64. The van der Waals surface area contributed by atoms with E-state index in [2.05, 4.69) is 13.8 Å². The van der Waals surface area contributed by atoms with Gasteiger partial charge in [-0.25, -0.2) is 0 Å². The number of carboxylic acids is 1. The van der Waals surface area contributed by atoms with Crippen LogP contribution in [0.25, 0.3) is 0 Å². The molecule has 0 aliphatic carbocycles. The average molecular weight is 215 g/mol. The van der Waals surface area contributed by atoms with Gasteiger partial charge in [0.05, 0.1) is 6.42 Å². The second kappa shape index (κ2) is 5.66. The summed E-state index contributed by atoms with van der Waals surface area (Å²) in [7, 11) is 0. The molecule has 0 atom stereocenters. The number of benzene rings is 1. The predicted octanol–water partition coefficient (Wildman–Crippen LogP) is 2.86. The Bertz CT molecular complexity index is 308. The molecule has 1 N–H and O–H groups in total. The lowest BCUT2D eigenvalue weighted by Crippen LogP contribution is -2.04. The molecule has 14 heavy (non-hydrogen) atoms. The Labute approximate surface area is 90.4 Å². The zero-order chi connectivity index (χ0) is 9.84. The summed E-state index contributed by atoms with van der Waals surface area (Å²) in [6.45, 7) is 4.14. The van der Waals surface area contributed by atoms with Crippen molar-refractivity contribution in [3.8, 4) is 0 Å². The van der Waals surface area contributed by atoms with Crippen molar-refractivity contribution in [2.75, 3.05) is 0 Å². The third kappa shape index (κ3) is 3.38. The average Bonchev–Trinajstić information content (AvgIpc) is 2.03. The Hall–Kier alpha value is -1.02. The van der Waals surface area contributed by atoms with Crippen LogP contribution < -0.4 is 0 Å². The minimum Gasteiger partial charge on any atom is -0.481 e. The largest absolute Gasteiger partial charge is 0.481 e. The Morgan fingerprint density at radius 3 is 2.43 bits per heavy atom. The Balaban J connectivity index is 0.00000169. The third-order valence-corrected chi connectivity index (χ3v) is 2.02. The molecule has 0 fully saturated rings. The fraction of sp³-hybridized carbons (Fsp3) is 0.364. The summed E-state index contributed by atoms with van der Waals surface area (Å²) in [5.74, 6) is -0.386. The van der Waals surface area contributed by atoms with Gasteiger partial charge in [-0.05, 0) is 17.0 Å². The van der Waals surface area contributed by atoms with Crippen LogP contribution in [0.1, 0.15) is 30.9 Å². The van der Waals surface area contributed by atoms with E-state index >= 15 is 0 Å². The first-order valence-electron chi connectivity index (χ1n) is 4.41. The van der Waals surface area contributed by atoms with E-state index in [1.807, 2.05) is 24.3 Å². The van der Waals surface area contributed by atoms with E-state index in [-0.39, 0.29) is 18.8 Å². The van der Waals surface area contributed by atoms with Crippen molar-refractivity contribution in [2.45, 2.75) is 26.2 Å². The molecule has 0 bridgehead atoms. The molecular formula is C11H15ClO2. The van der Waals surface area contributed by atoms with Gasteiger partial charge in [-0.2, -0.15) is 0 Å². The standard InChI is InChI=1S/C11H14O2.ClH/c1-8(2)10-6-4-3-5-9(10)7-11(12)13;/h3-6,8H,7H2,1-2H3,(H,12,13);1H. The summed E-state index contributed by atoms with van der Waals surface area (Å²) < 4.78 is 0. The van der Waals surface area contributed by atoms with Crippen molar-refractivity contribution in [1.29, 1.82) is 0 Å². The smallest absolute Gasteiger partial charge is 0.307 e. The molecule has 0 unspecified atom stereocenters. The quantitative estimate of drug-likeness (QED) is 0.840. The molecule has 1 aromatic rings. The van der Waals surface area contributed by atoms with E-state index in [4.69, 9.17) is 5.11 Å². The maximum Gasteiger partial charge on any atom is 0.307 e. The summed E-state index contributed by atoms with van der Waals surface area (Å²) in [5.41, 5.74) is 2.05. The van der Waals surface area contributed by atoms with Gasteiger partial charge in [0.15, 0.2) is 0 Å². The van der Waals surface area contributed by atoms with Gasteiger partial charge in [-0.3, -0.25) is 4.79 Å². The first kappa shape index (κ1) is 13.0. The summed E-state index contributed by atoms with van der Waals surface area (Å²) in [4.78, 5) is 10.5. The topological polar surface area (TPSA) is 37.3 Å². The van der Waals surface area contributed by atoms with Gasteiger partial charge in [-0.15, -0.1) is 12.4 Å². The highest BCUT2D eigenvalue weighted by Gasteiger charge is 2.08. The molecule has 0 radical (unpaired) electrons. The Morgan fingerprint density at radius 2 is 1.93 bits per heavy atom. The van der Waals surface area contributed by atoms with E-state index in [9.17, 15) is 4.79 Å². The van der Waals surface area contributed by atoms with E-state index in [0.717, 1.165) is 11.1 Å². The summed E-state index contributed by atoms with van der Waals surface area (Å²) in [5, 5.41) is 8.67. The predicted molar refractivity (Wildman–Crippen MR) is 59.1 cm³/mol. The van der Waals surface area contributed by atoms with Crippen molar-refractivity contribution in [3.63, 3.8) is 0 Å². The van der Waals surface area contributed by atoms with Crippen LogP contribution >= 0.6 is 12.4 Å². The molecule has 2 nitrogen and oxygen atoms in total. The summed E-state index contributed by atoms with van der Waals surface area (Å²) in [6.07, 6.45) is 0.119. The highest BCUT2D eigenvalue weighted by Crippen LogP contribution is 2.19. The van der Waals surface area contributed by atoms with Gasteiger partial charge >= 0.3 is 5.97 Å². The molecular weight excluding hydrogens is 200 g/mol. The number of carbonyl (C=O) groups is 1. The Kier molecular flexibility index (Phi) is 5.24. The number of hydrogen-bond donors (Lipinski definition) is 1. The highest BCUT2D eigenvalue weighted by molar-refractivity contribution is 5.85. The molecule has 0 aliphatic rings. The SMILES string of the molecule is CC(C)c1ccccc1CC(=O)O.Cl. The van der Waals surface area contributed by atoms with E-state index in [1.165, 1.54) is 0 Å². The highest BCUT2D eigenvalue weighted by atomic mass is 35.5. The molecule has 0 aromatic heterocycles. The molecule has 0 amide bonds. The fourth-order valence-corrected chi connectivity index (χ4v) is 1.42. The number of hydrogen-bond acceptors (Lipinski definition) is 1. The van der Waals surface area contributed by atoms with Crippen LogP contribution in [-0.2, 0) is 11.2 Å². The van der Waals surface area contributed by atoms with E-state index in [1.54, 1.807) is 0 Å². The minimum atomic E-state index is -0.770. The number of aliphatic carboxylic acids is 1. The maximum atomic E-state index is 10.5. The fourth-order valence-electron chi connectivity index (χ4n) is 1.42. The Morgan fingerprint density at radius 1 is 1.36 bits per heavy atom. The molecule has 0 saturated carbocycles. The maximum absolute atomic E-state index is 10.5. The van der Waals surface area contributed by atoms with Crippen molar-refractivity contribution in [3.05, 3.63) is 35.4 Å². The van der Waals surface area contributed by atoms with Crippen LogP contribution in [0.15, 0.2) is 24.3 Å². The van der Waals surface area contributed by atoms with Crippen LogP contribution in [0.3, 0.4) is 0 Å². The second-order valence-corrected chi connectivity index (χ2v) is 3.42. The lowest BCUT2D eigenvalue weighted by molar-refractivity contribution is -0.136. The van der Waals surface area contributed by atoms with Gasteiger partial charge in [0.25, 0.3) is 0 Å². The van der Waals surface area contributed by atoms with E-state index < -0.39 is 5.97 Å². The van der Waals surface area contributed by atoms with Crippen molar-refractivity contribution < 1.29 is 9.90 Å². The molecule has 0 aliphatic heterocycles. The summed E-state index contributed by atoms with van der Waals surface area (Å²) >= 11 is 0. The lowest BCUT2D eigenvalue weighted by atomic mass is 9.95. The van der Waals surface area contributed by atoms with Crippen molar-refractivity contribution >= 4 is 18.4 Å². The third-order valence-electron chi connectivity index (χ3n) is 2.02. The van der Waals surface area contributed by atoms with Crippen molar-refractivity contribution in [2.24, 2.45) is 0 Å². The van der Waals surface area contributed by atoms with Gasteiger partial charge in [0.2, 0.25) is 0 Å². The zero-order valence-electron chi connectivity index (χ0n) is 8.36. The zero-order valence-corrected chi connectivity index (χ0v) is 9.17. The first-order chi connectivity index (χ1) is 6.11. The number of carboxylic acid groups (broad SMARTS) is 1. The van der Waals surface area contributed by atoms with Crippen LogP contribution in [0.4, 0.5) is 0 Å². The molecule has 0 heterocycles. The van der Waals surface area contributed by atoms with Crippen LogP contribution in [0.5, 0.6) is 0 Å². The van der Waals surface area contributed by atoms with Gasteiger partial charge in [0.1, 0.15) is 0 Å². The van der Waals surface area contributed by atoms with Gasteiger partial charge < -0.3 is 5.11 Å². The van der Waals surface area contributed by atoms with Gasteiger partial charge in [0, 0.05) is 0 Å². The monoisotopic (exact) mass is 214 g/mol. The molecule has 78 valence electrons. The molecule has 0 spiro atoms. The minimum absolute atomic E-state index is 0.